The van der Waals surface area contributed by atoms with Gasteiger partial charge in [-0.3, -0.25) is 4.90 Å². The highest BCUT2D eigenvalue weighted by Gasteiger charge is 2.45. The molecule has 1 N–H and O–H groups in total. The van der Waals surface area contributed by atoms with Gasteiger partial charge in [-0.1, -0.05) is 18.2 Å². The zero-order valence-electron chi connectivity index (χ0n) is 15.4. The first-order valence-electron chi connectivity index (χ1n) is 9.40. The minimum Gasteiger partial charge on any atom is -0.313 e. The third-order valence-corrected chi connectivity index (χ3v) is 5.46. The summed E-state index contributed by atoms with van der Waals surface area (Å²) in [6.45, 7) is 3.67. The fourth-order valence-corrected chi connectivity index (χ4v) is 4.10. The van der Waals surface area contributed by atoms with Crippen LogP contribution in [0.25, 0.3) is 0 Å². The second-order valence-electron chi connectivity index (χ2n) is 7.56. The molecule has 3 heterocycles. The highest BCUT2D eigenvalue weighted by atomic mass is 19.4. The lowest BCUT2D eigenvalue weighted by molar-refractivity contribution is -0.156. The highest BCUT2D eigenvalue weighted by Crippen LogP contribution is 2.40. The van der Waals surface area contributed by atoms with Crippen LogP contribution in [0.15, 0.2) is 18.2 Å². The Balaban J connectivity index is 1.46. The molecule has 0 bridgehead atoms. The van der Waals surface area contributed by atoms with Gasteiger partial charge in [0.25, 0.3) is 0 Å². The summed E-state index contributed by atoms with van der Waals surface area (Å²) in [5.41, 5.74) is 3.93. The number of hydrogen-bond donors (Lipinski definition) is 1. The van der Waals surface area contributed by atoms with Crippen molar-refractivity contribution < 1.29 is 13.2 Å². The molecule has 2 aliphatic heterocycles. The summed E-state index contributed by atoms with van der Waals surface area (Å²) in [5, 5.41) is 11.3. The first-order valence-corrected chi connectivity index (χ1v) is 9.40. The SMILES string of the molecule is CN(Cc1ccc2c(c1)CNCC2)Cc1nnc2n1CCCC2C(F)(F)F. The summed E-state index contributed by atoms with van der Waals surface area (Å²) in [7, 11) is 1.96. The third-order valence-electron chi connectivity index (χ3n) is 5.46. The van der Waals surface area contributed by atoms with Crippen molar-refractivity contribution >= 4 is 0 Å². The lowest BCUT2D eigenvalue weighted by Crippen LogP contribution is -2.29. The molecule has 1 unspecified atom stereocenters. The quantitative estimate of drug-likeness (QED) is 0.887. The van der Waals surface area contributed by atoms with E-state index in [0.29, 0.717) is 25.3 Å². The first kappa shape index (κ1) is 18.4. The maximum absolute atomic E-state index is 13.2. The molecule has 0 saturated heterocycles. The Hall–Kier alpha value is -1.93. The molecule has 0 radical (unpaired) electrons. The van der Waals surface area contributed by atoms with Crippen molar-refractivity contribution in [3.63, 3.8) is 0 Å². The normalized spacial score (nSPS) is 19.8. The lowest BCUT2D eigenvalue weighted by atomic mass is 9.98. The van der Waals surface area contributed by atoms with E-state index in [4.69, 9.17) is 0 Å². The summed E-state index contributed by atoms with van der Waals surface area (Å²) in [4.78, 5) is 2.08. The predicted octanol–water partition coefficient (Wildman–Crippen LogP) is 3.00. The molecule has 2 aromatic rings. The van der Waals surface area contributed by atoms with Crippen molar-refractivity contribution in [2.45, 2.75) is 57.5 Å². The van der Waals surface area contributed by atoms with E-state index in [9.17, 15) is 13.2 Å². The van der Waals surface area contributed by atoms with Gasteiger partial charge in [0.1, 0.15) is 17.6 Å². The van der Waals surface area contributed by atoms with Gasteiger partial charge >= 0.3 is 6.18 Å². The highest BCUT2D eigenvalue weighted by molar-refractivity contribution is 5.33. The van der Waals surface area contributed by atoms with E-state index in [1.54, 1.807) is 4.57 Å². The van der Waals surface area contributed by atoms with Gasteiger partial charge in [-0.25, -0.2) is 0 Å². The van der Waals surface area contributed by atoms with Crippen LogP contribution in [-0.4, -0.2) is 39.4 Å². The number of benzene rings is 1. The number of nitrogens with zero attached hydrogens (tertiary/aromatic N) is 4. The molecule has 146 valence electrons. The van der Waals surface area contributed by atoms with Gasteiger partial charge in [0.05, 0.1) is 6.54 Å². The van der Waals surface area contributed by atoms with Crippen LogP contribution < -0.4 is 5.32 Å². The van der Waals surface area contributed by atoms with Crippen LogP contribution in [0.3, 0.4) is 0 Å². The summed E-state index contributed by atoms with van der Waals surface area (Å²) >= 11 is 0. The lowest BCUT2D eigenvalue weighted by Gasteiger charge is -2.26. The van der Waals surface area contributed by atoms with E-state index in [1.165, 1.54) is 16.7 Å². The van der Waals surface area contributed by atoms with E-state index in [-0.39, 0.29) is 12.2 Å². The molecule has 0 aliphatic carbocycles. The van der Waals surface area contributed by atoms with Crippen LogP contribution in [0.1, 0.15) is 47.1 Å². The smallest absolute Gasteiger partial charge is 0.313 e. The molecule has 0 fully saturated rings. The summed E-state index contributed by atoms with van der Waals surface area (Å²) in [6, 6.07) is 6.54. The summed E-state index contributed by atoms with van der Waals surface area (Å²) < 4.78 is 41.3. The van der Waals surface area contributed by atoms with Gasteiger partial charge < -0.3 is 9.88 Å². The number of nitrogens with one attached hydrogen (secondary N) is 1. The Morgan fingerprint density at radius 2 is 2.07 bits per heavy atom. The molecular weight excluding hydrogens is 355 g/mol. The first-order chi connectivity index (χ1) is 12.9. The number of alkyl halides is 3. The number of fused-ring (bicyclic) bond motifs is 2. The minimum absolute atomic E-state index is 0.0667. The van der Waals surface area contributed by atoms with Crippen LogP contribution in [0, 0.1) is 0 Å². The molecule has 1 aromatic carbocycles. The van der Waals surface area contributed by atoms with E-state index in [0.717, 1.165) is 26.1 Å². The zero-order chi connectivity index (χ0) is 19.0. The van der Waals surface area contributed by atoms with E-state index >= 15 is 0 Å². The molecule has 2 aliphatic rings. The number of rotatable bonds is 4. The van der Waals surface area contributed by atoms with Crippen LogP contribution in [0.5, 0.6) is 0 Å². The van der Waals surface area contributed by atoms with Crippen molar-refractivity contribution in [2.24, 2.45) is 0 Å². The largest absolute Gasteiger partial charge is 0.398 e. The number of aromatic nitrogens is 3. The van der Waals surface area contributed by atoms with Gasteiger partial charge in [0.2, 0.25) is 0 Å². The van der Waals surface area contributed by atoms with E-state index < -0.39 is 12.1 Å². The molecule has 1 atom stereocenters. The molecule has 4 rings (SSSR count). The second-order valence-corrected chi connectivity index (χ2v) is 7.56. The summed E-state index contributed by atoms with van der Waals surface area (Å²) in [6.07, 6.45) is -2.60. The molecule has 1 aromatic heterocycles. The molecule has 0 saturated carbocycles. The van der Waals surface area contributed by atoms with Gasteiger partial charge in [0, 0.05) is 19.6 Å². The van der Waals surface area contributed by atoms with Crippen molar-refractivity contribution in [1.82, 2.24) is 25.0 Å². The number of halogens is 3. The van der Waals surface area contributed by atoms with Crippen LogP contribution >= 0.6 is 0 Å². The Bertz CT molecular complexity index is 814. The molecule has 0 spiro atoms. The standard InChI is InChI=1S/C19H24F3N5/c1-26(11-13-4-5-14-6-7-23-10-15(14)9-13)12-17-24-25-18-16(19(20,21)22)3-2-8-27(17)18/h4-5,9,16,23H,2-3,6-8,10-12H2,1H3. The molecule has 5 nitrogen and oxygen atoms in total. The van der Waals surface area contributed by atoms with Crippen molar-refractivity contribution in [3.8, 4) is 0 Å². The fourth-order valence-electron chi connectivity index (χ4n) is 4.10. The van der Waals surface area contributed by atoms with Crippen molar-refractivity contribution in [1.29, 1.82) is 0 Å². The molecule has 27 heavy (non-hydrogen) atoms. The van der Waals surface area contributed by atoms with Crippen LogP contribution in [0.2, 0.25) is 0 Å². The topological polar surface area (TPSA) is 46.0 Å². The molecular formula is C19H24F3N5. The monoisotopic (exact) mass is 379 g/mol. The fraction of sp³-hybridized carbons (Fsp3) is 0.579. The van der Waals surface area contributed by atoms with E-state index in [2.05, 4.69) is 38.6 Å². The Morgan fingerprint density at radius 3 is 2.89 bits per heavy atom. The molecule has 8 heteroatoms. The maximum Gasteiger partial charge on any atom is 0.398 e. The van der Waals surface area contributed by atoms with Crippen molar-refractivity contribution in [2.75, 3.05) is 13.6 Å². The van der Waals surface area contributed by atoms with Crippen LogP contribution in [-0.2, 0) is 32.6 Å². The third kappa shape index (κ3) is 3.87. The average molecular weight is 379 g/mol. The Labute approximate surface area is 156 Å². The van der Waals surface area contributed by atoms with Gasteiger partial charge in [-0.2, -0.15) is 13.2 Å². The van der Waals surface area contributed by atoms with Gasteiger partial charge in [-0.05, 0) is 49.5 Å². The second kappa shape index (κ2) is 7.24. The average Bonchev–Trinajstić information content (AvgIpc) is 3.03. The Morgan fingerprint density at radius 1 is 1.22 bits per heavy atom. The van der Waals surface area contributed by atoms with Crippen LogP contribution in [0.4, 0.5) is 13.2 Å². The predicted molar refractivity (Wildman–Crippen MR) is 95.1 cm³/mol. The minimum atomic E-state index is -4.26. The molecule has 0 amide bonds. The van der Waals surface area contributed by atoms with Crippen molar-refractivity contribution in [3.05, 3.63) is 46.5 Å². The summed E-state index contributed by atoms with van der Waals surface area (Å²) in [5.74, 6) is -0.816. The Kier molecular flexibility index (Phi) is 4.94. The maximum atomic E-state index is 13.2. The van der Waals surface area contributed by atoms with E-state index in [1.807, 2.05) is 7.05 Å². The number of hydrogen-bond acceptors (Lipinski definition) is 4. The van der Waals surface area contributed by atoms with Gasteiger partial charge in [0.15, 0.2) is 0 Å². The van der Waals surface area contributed by atoms with Gasteiger partial charge in [-0.15, -0.1) is 10.2 Å². The zero-order valence-corrected chi connectivity index (χ0v) is 15.4.